The second kappa shape index (κ2) is 5.02. The molecule has 1 atom stereocenters. The minimum absolute atomic E-state index is 0.736. The van der Waals surface area contributed by atoms with E-state index in [-0.39, 0.29) is 0 Å². The lowest BCUT2D eigenvalue weighted by molar-refractivity contribution is 0.325. The molecule has 1 N–H and O–H groups in total. The van der Waals surface area contributed by atoms with Crippen LogP contribution in [0.15, 0.2) is 29.8 Å². The van der Waals surface area contributed by atoms with Crippen molar-refractivity contribution >= 4 is 11.3 Å². The van der Waals surface area contributed by atoms with Gasteiger partial charge in [0.2, 0.25) is 0 Å². The first kappa shape index (κ1) is 11.0. The summed E-state index contributed by atoms with van der Waals surface area (Å²) in [5.41, 5.74) is 1.10. The highest BCUT2D eigenvalue weighted by Crippen LogP contribution is 2.22. The van der Waals surface area contributed by atoms with Crippen molar-refractivity contribution in [3.8, 4) is 10.6 Å². The van der Waals surface area contributed by atoms with Crippen molar-refractivity contribution in [3.63, 3.8) is 0 Å². The number of piperidine rings is 1. The Morgan fingerprint density at radius 2 is 2.47 bits per heavy atom. The highest BCUT2D eigenvalue weighted by atomic mass is 32.1. The standard InChI is InChI=1S/C13H17N3S/c1-3-11(9-14-6-1)10-16-7-5-12(15-16)13-4-2-8-17-13/h2,4-5,7-8,11,14H,1,3,6,9-10H2/t11-/m1/s1. The van der Waals surface area contributed by atoms with Crippen LogP contribution in [-0.4, -0.2) is 22.9 Å². The average molecular weight is 247 g/mol. The Morgan fingerprint density at radius 1 is 1.47 bits per heavy atom. The predicted molar refractivity (Wildman–Crippen MR) is 71.1 cm³/mol. The van der Waals surface area contributed by atoms with Gasteiger partial charge in [0.05, 0.1) is 4.88 Å². The maximum Gasteiger partial charge on any atom is 0.102 e. The molecular formula is C13H17N3S. The highest BCUT2D eigenvalue weighted by Gasteiger charge is 2.14. The van der Waals surface area contributed by atoms with Crippen molar-refractivity contribution < 1.29 is 0 Å². The maximum absolute atomic E-state index is 4.65. The fraction of sp³-hybridized carbons (Fsp3) is 0.462. The van der Waals surface area contributed by atoms with Gasteiger partial charge in [-0.15, -0.1) is 11.3 Å². The summed E-state index contributed by atoms with van der Waals surface area (Å²) in [5, 5.41) is 10.2. The quantitative estimate of drug-likeness (QED) is 0.903. The van der Waals surface area contributed by atoms with E-state index in [4.69, 9.17) is 0 Å². The molecule has 1 aliphatic rings. The predicted octanol–water partition coefficient (Wildman–Crippen LogP) is 2.61. The Hall–Kier alpha value is -1.13. The molecule has 0 amide bonds. The van der Waals surface area contributed by atoms with E-state index in [2.05, 4.69) is 44.9 Å². The Balaban J connectivity index is 1.68. The molecule has 3 nitrogen and oxygen atoms in total. The van der Waals surface area contributed by atoms with Crippen LogP contribution in [0.25, 0.3) is 10.6 Å². The molecule has 17 heavy (non-hydrogen) atoms. The van der Waals surface area contributed by atoms with Crippen LogP contribution in [0.3, 0.4) is 0 Å². The van der Waals surface area contributed by atoms with Crippen molar-refractivity contribution in [3.05, 3.63) is 29.8 Å². The lowest BCUT2D eigenvalue weighted by Gasteiger charge is -2.22. The first-order valence-corrected chi connectivity index (χ1v) is 7.08. The van der Waals surface area contributed by atoms with Crippen molar-refractivity contribution in [2.45, 2.75) is 19.4 Å². The van der Waals surface area contributed by atoms with E-state index >= 15 is 0 Å². The summed E-state index contributed by atoms with van der Waals surface area (Å²) >= 11 is 1.75. The van der Waals surface area contributed by atoms with E-state index in [1.54, 1.807) is 11.3 Å². The Labute approximate surface area is 105 Å². The monoisotopic (exact) mass is 247 g/mol. The Morgan fingerprint density at radius 3 is 3.24 bits per heavy atom. The smallest absolute Gasteiger partial charge is 0.102 e. The zero-order valence-electron chi connectivity index (χ0n) is 9.80. The van der Waals surface area contributed by atoms with Gasteiger partial charge in [-0.1, -0.05) is 6.07 Å². The minimum Gasteiger partial charge on any atom is -0.316 e. The van der Waals surface area contributed by atoms with Gasteiger partial charge >= 0.3 is 0 Å². The van der Waals surface area contributed by atoms with Gasteiger partial charge in [0.1, 0.15) is 5.69 Å². The number of thiophene rings is 1. The van der Waals surface area contributed by atoms with Crippen LogP contribution in [0.4, 0.5) is 0 Å². The van der Waals surface area contributed by atoms with E-state index in [1.165, 1.54) is 24.3 Å². The largest absolute Gasteiger partial charge is 0.316 e. The third kappa shape index (κ3) is 2.58. The number of hydrogen-bond donors (Lipinski definition) is 1. The third-order valence-electron chi connectivity index (χ3n) is 3.26. The van der Waals surface area contributed by atoms with E-state index < -0.39 is 0 Å². The minimum atomic E-state index is 0.736. The first-order valence-electron chi connectivity index (χ1n) is 6.20. The van der Waals surface area contributed by atoms with Crippen molar-refractivity contribution in [1.82, 2.24) is 15.1 Å². The van der Waals surface area contributed by atoms with Crippen LogP contribution < -0.4 is 5.32 Å². The fourth-order valence-corrected chi connectivity index (χ4v) is 3.05. The van der Waals surface area contributed by atoms with Gasteiger partial charge < -0.3 is 5.32 Å². The van der Waals surface area contributed by atoms with Gasteiger partial charge in [-0.3, -0.25) is 4.68 Å². The van der Waals surface area contributed by atoms with Gasteiger partial charge in [0.15, 0.2) is 0 Å². The molecule has 0 bridgehead atoms. The molecule has 1 fully saturated rings. The first-order chi connectivity index (χ1) is 8.42. The molecule has 0 spiro atoms. The molecule has 1 aliphatic heterocycles. The zero-order chi connectivity index (χ0) is 11.5. The summed E-state index contributed by atoms with van der Waals surface area (Å²) in [6, 6.07) is 6.31. The van der Waals surface area contributed by atoms with E-state index in [0.717, 1.165) is 24.7 Å². The van der Waals surface area contributed by atoms with Gasteiger partial charge in [-0.25, -0.2) is 0 Å². The van der Waals surface area contributed by atoms with Crippen molar-refractivity contribution in [1.29, 1.82) is 0 Å². The molecule has 0 aromatic carbocycles. The highest BCUT2D eigenvalue weighted by molar-refractivity contribution is 7.13. The molecular weight excluding hydrogens is 230 g/mol. The van der Waals surface area contributed by atoms with Crippen LogP contribution in [0.2, 0.25) is 0 Å². The van der Waals surface area contributed by atoms with Crippen LogP contribution in [0.1, 0.15) is 12.8 Å². The normalized spacial score (nSPS) is 20.6. The summed E-state index contributed by atoms with van der Waals surface area (Å²) < 4.78 is 2.09. The van der Waals surface area contributed by atoms with Crippen LogP contribution in [-0.2, 0) is 6.54 Å². The molecule has 3 heterocycles. The number of hydrogen-bond acceptors (Lipinski definition) is 3. The van der Waals surface area contributed by atoms with Gasteiger partial charge in [-0.05, 0) is 49.4 Å². The van der Waals surface area contributed by atoms with Gasteiger partial charge in [0, 0.05) is 12.7 Å². The van der Waals surface area contributed by atoms with Gasteiger partial charge in [-0.2, -0.15) is 5.10 Å². The molecule has 2 aromatic heterocycles. The molecule has 2 aromatic rings. The van der Waals surface area contributed by atoms with E-state index in [1.807, 2.05) is 0 Å². The molecule has 0 aliphatic carbocycles. The van der Waals surface area contributed by atoms with Crippen molar-refractivity contribution in [2.24, 2.45) is 5.92 Å². The molecule has 1 saturated heterocycles. The lowest BCUT2D eigenvalue weighted by Crippen LogP contribution is -2.32. The van der Waals surface area contributed by atoms with Gasteiger partial charge in [0.25, 0.3) is 0 Å². The molecule has 0 saturated carbocycles. The summed E-state index contributed by atoms with van der Waals surface area (Å²) in [4.78, 5) is 1.26. The Kier molecular flexibility index (Phi) is 3.25. The third-order valence-corrected chi connectivity index (χ3v) is 4.15. The van der Waals surface area contributed by atoms with Crippen LogP contribution >= 0.6 is 11.3 Å². The summed E-state index contributed by atoms with van der Waals surface area (Å²) in [6.07, 6.45) is 4.72. The lowest BCUT2D eigenvalue weighted by atomic mass is 10.00. The van der Waals surface area contributed by atoms with E-state index in [9.17, 15) is 0 Å². The topological polar surface area (TPSA) is 29.9 Å². The van der Waals surface area contributed by atoms with Crippen molar-refractivity contribution in [2.75, 3.05) is 13.1 Å². The molecule has 0 unspecified atom stereocenters. The summed E-state index contributed by atoms with van der Waals surface area (Å²) in [5.74, 6) is 0.736. The number of nitrogens with one attached hydrogen (secondary N) is 1. The molecule has 3 rings (SSSR count). The molecule has 90 valence electrons. The number of aromatic nitrogens is 2. The number of rotatable bonds is 3. The molecule has 0 radical (unpaired) electrons. The van der Waals surface area contributed by atoms with E-state index in [0.29, 0.717) is 0 Å². The Bertz CT molecular complexity index is 455. The summed E-state index contributed by atoms with van der Waals surface area (Å²) in [7, 11) is 0. The maximum atomic E-state index is 4.65. The second-order valence-electron chi connectivity index (χ2n) is 4.61. The van der Waals surface area contributed by atoms with Crippen LogP contribution in [0, 0.1) is 5.92 Å². The summed E-state index contributed by atoms with van der Waals surface area (Å²) in [6.45, 7) is 3.35. The SMILES string of the molecule is c1csc(-c2ccn(C[C@@H]3CCCNC3)n2)c1. The molecule has 4 heteroatoms. The zero-order valence-corrected chi connectivity index (χ0v) is 10.6. The average Bonchev–Trinajstić information content (AvgIpc) is 3.00. The second-order valence-corrected chi connectivity index (χ2v) is 5.56. The number of nitrogens with zero attached hydrogens (tertiary/aromatic N) is 2. The fourth-order valence-electron chi connectivity index (χ4n) is 2.36. The van der Waals surface area contributed by atoms with Crippen LogP contribution in [0.5, 0.6) is 0 Å².